The van der Waals surface area contributed by atoms with Gasteiger partial charge in [0.1, 0.15) is 5.75 Å². The molecule has 0 aliphatic heterocycles. The summed E-state index contributed by atoms with van der Waals surface area (Å²) in [6.07, 6.45) is 2.31. The molecule has 6 nitrogen and oxygen atoms in total. The van der Waals surface area contributed by atoms with Crippen LogP contribution in [0.15, 0.2) is 28.6 Å². The van der Waals surface area contributed by atoms with Gasteiger partial charge in [0, 0.05) is 11.7 Å². The number of anilines is 2. The van der Waals surface area contributed by atoms with E-state index in [1.54, 1.807) is 6.92 Å². The van der Waals surface area contributed by atoms with Crippen molar-refractivity contribution in [1.82, 2.24) is 10.2 Å². The summed E-state index contributed by atoms with van der Waals surface area (Å²) in [6, 6.07) is 6.27. The third-order valence-corrected chi connectivity index (χ3v) is 5.34. The molecule has 0 spiro atoms. The minimum absolute atomic E-state index is 0.0416. The highest BCUT2D eigenvalue weighted by Crippen LogP contribution is 2.32. The number of alkyl halides is 2. The Hall–Kier alpha value is -1.94. The summed E-state index contributed by atoms with van der Waals surface area (Å²) in [6.45, 7) is -1.10. The van der Waals surface area contributed by atoms with Crippen molar-refractivity contribution in [3.63, 3.8) is 0 Å². The van der Waals surface area contributed by atoms with Crippen LogP contribution in [0.25, 0.3) is 0 Å². The van der Waals surface area contributed by atoms with E-state index in [0.29, 0.717) is 16.1 Å². The number of rotatable bonds is 8. The SMILES string of the molecule is CC(Sc1nnc(NC2CC2)s1)C(=O)Nc1ccc(OC(F)F)cc1. The highest BCUT2D eigenvalue weighted by Gasteiger charge is 2.23. The third-order valence-electron chi connectivity index (χ3n) is 3.31. The van der Waals surface area contributed by atoms with Crippen molar-refractivity contribution in [2.45, 2.75) is 42.0 Å². The number of carbonyl (C=O) groups is 1. The maximum atomic E-state index is 12.2. The Balaban J connectivity index is 1.50. The van der Waals surface area contributed by atoms with Gasteiger partial charge in [-0.1, -0.05) is 23.1 Å². The molecule has 1 fully saturated rings. The van der Waals surface area contributed by atoms with E-state index in [-0.39, 0.29) is 16.9 Å². The standard InChI is InChI=1S/C15H16F2N4O2S2/c1-8(24-15-21-20-14(25-15)19-10-2-3-10)12(22)18-9-4-6-11(7-5-9)23-13(16)17/h4-8,10,13H,2-3H2,1H3,(H,18,22)(H,19,20). The monoisotopic (exact) mass is 386 g/mol. The molecule has 0 radical (unpaired) electrons. The van der Waals surface area contributed by atoms with E-state index in [0.717, 1.165) is 18.0 Å². The maximum Gasteiger partial charge on any atom is 0.387 e. The van der Waals surface area contributed by atoms with E-state index in [1.165, 1.54) is 47.4 Å². The molecule has 1 unspecified atom stereocenters. The van der Waals surface area contributed by atoms with Gasteiger partial charge in [0.15, 0.2) is 4.34 Å². The van der Waals surface area contributed by atoms with Gasteiger partial charge in [-0.25, -0.2) is 0 Å². The molecule has 0 bridgehead atoms. The van der Waals surface area contributed by atoms with Gasteiger partial charge in [0.25, 0.3) is 0 Å². The largest absolute Gasteiger partial charge is 0.435 e. The van der Waals surface area contributed by atoms with Gasteiger partial charge in [-0.15, -0.1) is 10.2 Å². The smallest absolute Gasteiger partial charge is 0.387 e. The molecule has 1 heterocycles. The first kappa shape index (κ1) is 17.9. The van der Waals surface area contributed by atoms with Crippen LogP contribution in [0, 0.1) is 0 Å². The Labute approximate surface area is 151 Å². The molecular weight excluding hydrogens is 370 g/mol. The quantitative estimate of drug-likeness (QED) is 0.672. The van der Waals surface area contributed by atoms with Crippen LogP contribution in [0.4, 0.5) is 19.6 Å². The fraction of sp³-hybridized carbons (Fsp3) is 0.400. The zero-order chi connectivity index (χ0) is 17.8. The van der Waals surface area contributed by atoms with Crippen LogP contribution < -0.4 is 15.4 Å². The predicted octanol–water partition coefficient (Wildman–Crippen LogP) is 3.83. The van der Waals surface area contributed by atoms with Gasteiger partial charge in [0.2, 0.25) is 11.0 Å². The number of amides is 1. The molecule has 3 rings (SSSR count). The molecule has 1 amide bonds. The number of halogens is 2. The fourth-order valence-electron chi connectivity index (χ4n) is 1.89. The molecule has 2 N–H and O–H groups in total. The third kappa shape index (κ3) is 5.53. The molecule has 1 atom stereocenters. The number of carbonyl (C=O) groups excluding carboxylic acids is 1. The average molecular weight is 386 g/mol. The molecule has 2 aromatic rings. The van der Waals surface area contributed by atoms with Crippen LogP contribution in [0.3, 0.4) is 0 Å². The van der Waals surface area contributed by atoms with Crippen molar-refractivity contribution in [2.75, 3.05) is 10.6 Å². The number of aromatic nitrogens is 2. The molecule has 1 saturated carbocycles. The second-order valence-electron chi connectivity index (χ2n) is 5.44. The first-order valence-corrected chi connectivity index (χ1v) is 9.31. The highest BCUT2D eigenvalue weighted by molar-refractivity contribution is 8.02. The first-order valence-electron chi connectivity index (χ1n) is 7.62. The van der Waals surface area contributed by atoms with Crippen molar-refractivity contribution < 1.29 is 18.3 Å². The zero-order valence-corrected chi connectivity index (χ0v) is 14.9. The van der Waals surface area contributed by atoms with E-state index >= 15 is 0 Å². The lowest BCUT2D eigenvalue weighted by Gasteiger charge is -2.11. The van der Waals surface area contributed by atoms with Gasteiger partial charge in [-0.2, -0.15) is 8.78 Å². The van der Waals surface area contributed by atoms with Crippen LogP contribution in [0.5, 0.6) is 5.75 Å². The summed E-state index contributed by atoms with van der Waals surface area (Å²) in [7, 11) is 0. The van der Waals surface area contributed by atoms with Crippen LogP contribution in [0.1, 0.15) is 19.8 Å². The highest BCUT2D eigenvalue weighted by atomic mass is 32.2. The van der Waals surface area contributed by atoms with E-state index < -0.39 is 6.61 Å². The lowest BCUT2D eigenvalue weighted by Crippen LogP contribution is -2.22. The van der Waals surface area contributed by atoms with Gasteiger partial charge in [-0.05, 0) is 44.0 Å². The van der Waals surface area contributed by atoms with Crippen molar-refractivity contribution >= 4 is 39.8 Å². The predicted molar refractivity (Wildman–Crippen MR) is 93.6 cm³/mol. The van der Waals surface area contributed by atoms with Crippen molar-refractivity contribution in [1.29, 1.82) is 0 Å². The number of nitrogens with zero attached hydrogens (tertiary/aromatic N) is 2. The van der Waals surface area contributed by atoms with Crippen molar-refractivity contribution in [3.8, 4) is 5.75 Å². The second kappa shape index (κ2) is 7.96. The number of ether oxygens (including phenoxy) is 1. The van der Waals surface area contributed by atoms with E-state index in [2.05, 4.69) is 25.6 Å². The summed E-state index contributed by atoms with van der Waals surface area (Å²) < 4.78 is 29.2. The summed E-state index contributed by atoms with van der Waals surface area (Å²) >= 11 is 2.74. The van der Waals surface area contributed by atoms with Crippen LogP contribution >= 0.6 is 23.1 Å². The molecule has 25 heavy (non-hydrogen) atoms. The lowest BCUT2D eigenvalue weighted by atomic mass is 10.3. The van der Waals surface area contributed by atoms with Gasteiger partial charge >= 0.3 is 6.61 Å². The van der Waals surface area contributed by atoms with Crippen LogP contribution in [-0.4, -0.2) is 34.0 Å². The Morgan fingerprint density at radius 3 is 2.68 bits per heavy atom. The van der Waals surface area contributed by atoms with Crippen molar-refractivity contribution in [2.24, 2.45) is 0 Å². The number of benzene rings is 1. The Morgan fingerprint density at radius 2 is 2.04 bits per heavy atom. The number of nitrogens with one attached hydrogen (secondary N) is 2. The minimum atomic E-state index is -2.87. The number of thioether (sulfide) groups is 1. The number of hydrogen-bond donors (Lipinski definition) is 2. The fourth-order valence-corrected chi connectivity index (χ4v) is 3.86. The topological polar surface area (TPSA) is 76.1 Å². The lowest BCUT2D eigenvalue weighted by molar-refractivity contribution is -0.115. The van der Waals surface area contributed by atoms with E-state index in [1.807, 2.05) is 0 Å². The van der Waals surface area contributed by atoms with E-state index in [4.69, 9.17) is 0 Å². The summed E-state index contributed by atoms with van der Waals surface area (Å²) in [5, 5.41) is 14.5. The Bertz CT molecular complexity index is 723. The van der Waals surface area contributed by atoms with Gasteiger partial charge in [-0.3, -0.25) is 4.79 Å². The molecular formula is C15H16F2N4O2S2. The van der Waals surface area contributed by atoms with Gasteiger partial charge in [0.05, 0.1) is 5.25 Å². The minimum Gasteiger partial charge on any atom is -0.435 e. The average Bonchev–Trinajstić information content (AvgIpc) is 3.27. The summed E-state index contributed by atoms with van der Waals surface area (Å²) in [5.74, 6) is -0.167. The van der Waals surface area contributed by atoms with Crippen LogP contribution in [-0.2, 0) is 4.79 Å². The first-order chi connectivity index (χ1) is 12.0. The molecule has 0 saturated heterocycles. The summed E-state index contributed by atoms with van der Waals surface area (Å²) in [5.41, 5.74) is 0.507. The number of hydrogen-bond acceptors (Lipinski definition) is 7. The normalized spacial score (nSPS) is 15.0. The van der Waals surface area contributed by atoms with E-state index in [9.17, 15) is 13.6 Å². The molecule has 1 aliphatic carbocycles. The second-order valence-corrected chi connectivity index (χ2v) is 8.01. The molecule has 134 valence electrons. The van der Waals surface area contributed by atoms with Gasteiger partial charge < -0.3 is 15.4 Å². The van der Waals surface area contributed by atoms with Crippen LogP contribution in [0.2, 0.25) is 0 Å². The molecule has 1 aliphatic rings. The Morgan fingerprint density at radius 1 is 1.32 bits per heavy atom. The molecule has 10 heteroatoms. The maximum absolute atomic E-state index is 12.2. The van der Waals surface area contributed by atoms with Crippen molar-refractivity contribution in [3.05, 3.63) is 24.3 Å². The zero-order valence-electron chi connectivity index (χ0n) is 13.2. The Kier molecular flexibility index (Phi) is 5.69. The molecule has 1 aromatic carbocycles. The summed E-state index contributed by atoms with van der Waals surface area (Å²) in [4.78, 5) is 12.2. The molecule has 1 aromatic heterocycles.